The Labute approximate surface area is 126 Å². The van der Waals surface area contributed by atoms with Gasteiger partial charge in [0.15, 0.2) is 0 Å². The van der Waals surface area contributed by atoms with Crippen LogP contribution in [0.15, 0.2) is 48.6 Å². The second-order valence-corrected chi connectivity index (χ2v) is 5.36. The zero-order chi connectivity index (χ0) is 16.4. The average molecular weight is 304 g/mol. The van der Waals surface area contributed by atoms with Crippen LogP contribution >= 0.6 is 0 Å². The summed E-state index contributed by atoms with van der Waals surface area (Å²) in [5.41, 5.74) is -0.757. The third-order valence-corrected chi connectivity index (χ3v) is 3.52. The zero-order valence-electron chi connectivity index (χ0n) is 11.6. The van der Waals surface area contributed by atoms with Gasteiger partial charge >= 0.3 is 11.9 Å². The topological polar surface area (TPSA) is 115 Å². The largest absolute Gasteiger partial charge is 0.481 e. The first-order chi connectivity index (χ1) is 10.2. The smallest absolute Gasteiger partial charge is 0.304 e. The summed E-state index contributed by atoms with van der Waals surface area (Å²) >= 11 is 0. The summed E-state index contributed by atoms with van der Waals surface area (Å²) < 4.78 is 0. The summed E-state index contributed by atoms with van der Waals surface area (Å²) in [6.07, 6.45) is 2.68. The standard InChI is InChI=1S/C16H16O6/c17-13(18)9-15(10-14(19)20)6-7-16(21,22)12(8-15)11-4-2-1-3-5-11/h1-8,21-22H,9-10H2,(H,17,18)(H,19,20). The normalized spacial score (nSPS) is 18.5. The molecule has 0 bridgehead atoms. The van der Waals surface area contributed by atoms with Crippen molar-refractivity contribution in [1.82, 2.24) is 0 Å². The van der Waals surface area contributed by atoms with Gasteiger partial charge < -0.3 is 20.4 Å². The SMILES string of the molecule is O=C(O)CC1(CC(=O)O)C=CC(O)(O)C(c2ccccc2)=C1. The molecule has 0 spiro atoms. The van der Waals surface area contributed by atoms with Crippen molar-refractivity contribution >= 4 is 17.5 Å². The van der Waals surface area contributed by atoms with Crippen LogP contribution in [0.1, 0.15) is 18.4 Å². The van der Waals surface area contributed by atoms with Crippen LogP contribution in [0.25, 0.3) is 5.57 Å². The first-order valence-electron chi connectivity index (χ1n) is 6.62. The first-order valence-corrected chi connectivity index (χ1v) is 6.62. The number of hydrogen-bond donors (Lipinski definition) is 4. The second-order valence-electron chi connectivity index (χ2n) is 5.36. The fourth-order valence-electron chi connectivity index (χ4n) is 2.57. The van der Waals surface area contributed by atoms with Crippen molar-refractivity contribution in [3.8, 4) is 0 Å². The molecule has 0 unspecified atom stereocenters. The van der Waals surface area contributed by atoms with E-state index in [4.69, 9.17) is 10.2 Å². The van der Waals surface area contributed by atoms with Crippen molar-refractivity contribution in [1.29, 1.82) is 0 Å². The Morgan fingerprint density at radius 3 is 1.95 bits per heavy atom. The number of aliphatic hydroxyl groups is 2. The molecule has 2 rings (SSSR count). The molecule has 0 saturated heterocycles. The summed E-state index contributed by atoms with van der Waals surface area (Å²) in [6, 6.07) is 8.42. The van der Waals surface area contributed by atoms with Gasteiger partial charge in [0, 0.05) is 11.0 Å². The minimum absolute atomic E-state index is 0.0677. The third-order valence-electron chi connectivity index (χ3n) is 3.52. The Hall–Kier alpha value is -2.44. The summed E-state index contributed by atoms with van der Waals surface area (Å²) in [4.78, 5) is 22.2. The van der Waals surface area contributed by atoms with E-state index in [1.54, 1.807) is 30.3 Å². The molecular weight excluding hydrogens is 288 g/mol. The van der Waals surface area contributed by atoms with Crippen LogP contribution in [0.4, 0.5) is 0 Å². The average Bonchev–Trinajstić information content (AvgIpc) is 2.41. The second kappa shape index (κ2) is 5.75. The number of rotatable bonds is 5. The molecule has 22 heavy (non-hydrogen) atoms. The highest BCUT2D eigenvalue weighted by molar-refractivity contribution is 5.79. The van der Waals surface area contributed by atoms with Gasteiger partial charge in [-0.05, 0) is 11.6 Å². The van der Waals surface area contributed by atoms with E-state index in [0.29, 0.717) is 5.56 Å². The van der Waals surface area contributed by atoms with E-state index in [2.05, 4.69) is 0 Å². The van der Waals surface area contributed by atoms with E-state index in [9.17, 15) is 19.8 Å². The first kappa shape index (κ1) is 15.9. The molecule has 0 aromatic heterocycles. The zero-order valence-corrected chi connectivity index (χ0v) is 11.6. The summed E-state index contributed by atoms with van der Waals surface area (Å²) in [5.74, 6) is -4.61. The summed E-state index contributed by atoms with van der Waals surface area (Å²) in [6.45, 7) is 0. The minimum atomic E-state index is -2.28. The molecule has 1 aromatic carbocycles. The van der Waals surface area contributed by atoms with Crippen LogP contribution in [0.2, 0.25) is 0 Å². The molecule has 0 aliphatic heterocycles. The number of aliphatic carboxylic acids is 2. The lowest BCUT2D eigenvalue weighted by Crippen LogP contribution is -2.35. The molecule has 116 valence electrons. The lowest BCUT2D eigenvalue weighted by molar-refractivity contribution is -0.141. The highest BCUT2D eigenvalue weighted by Crippen LogP contribution is 2.42. The lowest BCUT2D eigenvalue weighted by atomic mass is 9.73. The maximum Gasteiger partial charge on any atom is 0.304 e. The molecule has 4 N–H and O–H groups in total. The molecule has 0 radical (unpaired) electrons. The maximum atomic E-state index is 11.1. The fraction of sp³-hybridized carbons (Fsp3) is 0.250. The van der Waals surface area contributed by atoms with Crippen LogP contribution in [-0.2, 0) is 9.59 Å². The molecule has 0 fully saturated rings. The van der Waals surface area contributed by atoms with E-state index in [0.717, 1.165) is 6.08 Å². The van der Waals surface area contributed by atoms with Gasteiger partial charge in [0.25, 0.3) is 0 Å². The van der Waals surface area contributed by atoms with Gasteiger partial charge in [0.1, 0.15) is 0 Å². The molecule has 6 heteroatoms. The van der Waals surface area contributed by atoms with Crippen molar-refractivity contribution in [3.63, 3.8) is 0 Å². The molecule has 6 nitrogen and oxygen atoms in total. The van der Waals surface area contributed by atoms with E-state index < -0.39 is 36.0 Å². The van der Waals surface area contributed by atoms with Gasteiger partial charge in [-0.3, -0.25) is 9.59 Å². The van der Waals surface area contributed by atoms with Gasteiger partial charge in [0.2, 0.25) is 5.79 Å². The highest BCUT2D eigenvalue weighted by Gasteiger charge is 2.40. The van der Waals surface area contributed by atoms with Gasteiger partial charge in [-0.15, -0.1) is 0 Å². The number of hydrogen-bond acceptors (Lipinski definition) is 4. The molecule has 1 aliphatic carbocycles. The quantitative estimate of drug-likeness (QED) is 0.481. The maximum absolute atomic E-state index is 11.1. The van der Waals surface area contributed by atoms with Gasteiger partial charge in [-0.25, -0.2) is 0 Å². The number of allylic oxidation sites excluding steroid dienone is 2. The predicted molar refractivity (Wildman–Crippen MR) is 77.7 cm³/mol. The van der Waals surface area contributed by atoms with E-state index in [1.165, 1.54) is 12.2 Å². The Bertz CT molecular complexity index is 626. The Morgan fingerprint density at radius 2 is 1.45 bits per heavy atom. The van der Waals surface area contributed by atoms with E-state index >= 15 is 0 Å². The number of carbonyl (C=O) groups is 2. The summed E-state index contributed by atoms with van der Waals surface area (Å²) in [7, 11) is 0. The van der Waals surface area contributed by atoms with Crippen molar-refractivity contribution in [2.24, 2.45) is 5.41 Å². The van der Waals surface area contributed by atoms with Crippen molar-refractivity contribution in [2.45, 2.75) is 18.6 Å². The Kier molecular flexibility index (Phi) is 4.16. The van der Waals surface area contributed by atoms with Gasteiger partial charge in [-0.1, -0.05) is 42.5 Å². The van der Waals surface area contributed by atoms with Gasteiger partial charge in [0.05, 0.1) is 12.8 Å². The van der Waals surface area contributed by atoms with Crippen LogP contribution in [0.5, 0.6) is 0 Å². The van der Waals surface area contributed by atoms with Crippen molar-refractivity contribution < 1.29 is 30.0 Å². The third kappa shape index (κ3) is 3.41. The lowest BCUT2D eigenvalue weighted by Gasteiger charge is -2.34. The summed E-state index contributed by atoms with van der Waals surface area (Å²) in [5, 5.41) is 38.3. The molecule has 0 saturated carbocycles. The molecule has 0 heterocycles. The van der Waals surface area contributed by atoms with Gasteiger partial charge in [-0.2, -0.15) is 0 Å². The number of carboxylic acid groups (broad SMARTS) is 2. The molecule has 0 amide bonds. The monoisotopic (exact) mass is 304 g/mol. The molecule has 1 aliphatic rings. The fourth-order valence-corrected chi connectivity index (χ4v) is 2.57. The number of benzene rings is 1. The number of carboxylic acids is 2. The van der Waals surface area contributed by atoms with E-state index in [-0.39, 0.29) is 5.57 Å². The van der Waals surface area contributed by atoms with Crippen LogP contribution < -0.4 is 0 Å². The van der Waals surface area contributed by atoms with Crippen molar-refractivity contribution in [2.75, 3.05) is 0 Å². The minimum Gasteiger partial charge on any atom is -0.481 e. The van der Waals surface area contributed by atoms with E-state index in [1.807, 2.05) is 0 Å². The Morgan fingerprint density at radius 1 is 0.909 bits per heavy atom. The molecular formula is C16H16O6. The van der Waals surface area contributed by atoms with Crippen molar-refractivity contribution in [3.05, 3.63) is 54.1 Å². The van der Waals surface area contributed by atoms with Crippen LogP contribution in [-0.4, -0.2) is 38.2 Å². The van der Waals surface area contributed by atoms with Crippen LogP contribution in [0, 0.1) is 5.41 Å². The molecule has 0 atom stereocenters. The van der Waals surface area contributed by atoms with Crippen LogP contribution in [0.3, 0.4) is 0 Å². The predicted octanol–water partition coefficient (Wildman–Crippen LogP) is 1.26. The molecule has 1 aromatic rings. The highest BCUT2D eigenvalue weighted by atomic mass is 16.5. The Balaban J connectivity index is 2.54.